The molecule has 1 rings (SSSR count). The molecule has 1 aromatic rings. The maximum absolute atomic E-state index is 10.3. The van der Waals surface area contributed by atoms with Crippen LogP contribution in [0.25, 0.3) is 6.08 Å². The van der Waals surface area contributed by atoms with Crippen molar-refractivity contribution in [3.05, 3.63) is 41.5 Å². The maximum Gasteiger partial charge on any atom is 0.328 e. The number of hydrogen-bond acceptors (Lipinski definition) is 2. The molecule has 4 heteroatoms. The fourth-order valence-electron chi connectivity index (χ4n) is 1.41. The zero-order chi connectivity index (χ0) is 12.7. The molecule has 4 nitrogen and oxygen atoms in total. The van der Waals surface area contributed by atoms with Crippen LogP contribution in [0, 0.1) is 0 Å². The van der Waals surface area contributed by atoms with Gasteiger partial charge < -0.3 is 10.2 Å². The molecule has 0 atom stereocenters. The lowest BCUT2D eigenvalue weighted by Gasteiger charge is -2.00. The van der Waals surface area contributed by atoms with Gasteiger partial charge in [0.05, 0.1) is 0 Å². The van der Waals surface area contributed by atoms with Crippen LogP contribution in [-0.2, 0) is 16.0 Å². The van der Waals surface area contributed by atoms with E-state index in [9.17, 15) is 9.59 Å². The molecule has 1 aromatic carbocycles. The molecule has 0 spiro atoms. The third-order valence-electron chi connectivity index (χ3n) is 2.25. The number of aryl methyl sites for hydroxylation is 1. The van der Waals surface area contributed by atoms with Gasteiger partial charge in [-0.2, -0.15) is 0 Å². The molecule has 0 aromatic heterocycles. The largest absolute Gasteiger partial charge is 0.481 e. The summed E-state index contributed by atoms with van der Waals surface area (Å²) in [5.41, 5.74) is 1.87. The molecule has 0 unspecified atom stereocenters. The molecule has 0 aliphatic carbocycles. The van der Waals surface area contributed by atoms with Gasteiger partial charge >= 0.3 is 11.9 Å². The number of hydrogen-bond donors (Lipinski definition) is 2. The van der Waals surface area contributed by atoms with Crippen molar-refractivity contribution in [2.24, 2.45) is 0 Å². The highest BCUT2D eigenvalue weighted by molar-refractivity contribution is 5.85. The Bertz CT molecular complexity index is 418. The quantitative estimate of drug-likeness (QED) is 0.740. The Labute approximate surface area is 99.2 Å². The number of carboxylic acid groups (broad SMARTS) is 2. The molecule has 0 radical (unpaired) electrons. The summed E-state index contributed by atoms with van der Waals surface area (Å²) in [4.78, 5) is 20.6. The standard InChI is InChI=1S/C13H14O4/c14-12(15)3-1-2-10-4-6-11(7-5-10)8-9-13(16)17/h4-9H,1-3H2,(H,14,15)(H,16,17)/b9-8+. The second-order valence-corrected chi connectivity index (χ2v) is 3.66. The van der Waals surface area contributed by atoms with Gasteiger partial charge in [-0.15, -0.1) is 0 Å². The fraction of sp³-hybridized carbons (Fsp3) is 0.231. The van der Waals surface area contributed by atoms with E-state index in [-0.39, 0.29) is 6.42 Å². The highest BCUT2D eigenvalue weighted by Crippen LogP contribution is 2.09. The Balaban J connectivity index is 2.50. The molecule has 0 heterocycles. The SMILES string of the molecule is O=C(O)/C=C/c1ccc(CCCC(=O)O)cc1. The van der Waals surface area contributed by atoms with Gasteiger partial charge in [0.2, 0.25) is 0 Å². The molecular weight excluding hydrogens is 220 g/mol. The first kappa shape index (κ1) is 13.0. The van der Waals surface area contributed by atoms with E-state index in [2.05, 4.69) is 0 Å². The van der Waals surface area contributed by atoms with Gasteiger partial charge in [-0.3, -0.25) is 4.79 Å². The smallest absolute Gasteiger partial charge is 0.328 e. The van der Waals surface area contributed by atoms with E-state index in [0.29, 0.717) is 6.42 Å². The van der Waals surface area contributed by atoms with Crippen molar-refractivity contribution in [1.82, 2.24) is 0 Å². The van der Waals surface area contributed by atoms with Gasteiger partial charge in [-0.05, 0) is 30.0 Å². The van der Waals surface area contributed by atoms with E-state index in [4.69, 9.17) is 10.2 Å². The molecule has 0 saturated heterocycles. The number of rotatable bonds is 6. The molecular formula is C13H14O4. The summed E-state index contributed by atoms with van der Waals surface area (Å²) < 4.78 is 0. The highest BCUT2D eigenvalue weighted by Gasteiger charge is 1.98. The summed E-state index contributed by atoms with van der Waals surface area (Å²) in [7, 11) is 0. The average molecular weight is 234 g/mol. The molecule has 17 heavy (non-hydrogen) atoms. The molecule has 2 N–H and O–H groups in total. The first-order valence-corrected chi connectivity index (χ1v) is 5.29. The number of aliphatic carboxylic acids is 2. The Kier molecular flexibility index (Phi) is 4.94. The predicted molar refractivity (Wildman–Crippen MR) is 63.7 cm³/mol. The van der Waals surface area contributed by atoms with Crippen LogP contribution in [0.5, 0.6) is 0 Å². The summed E-state index contributed by atoms with van der Waals surface area (Å²) in [5, 5.41) is 16.9. The molecule has 90 valence electrons. The summed E-state index contributed by atoms with van der Waals surface area (Å²) >= 11 is 0. The minimum Gasteiger partial charge on any atom is -0.481 e. The van der Waals surface area contributed by atoms with Gasteiger partial charge in [-0.1, -0.05) is 24.3 Å². The minimum absolute atomic E-state index is 0.167. The van der Waals surface area contributed by atoms with E-state index >= 15 is 0 Å². The first-order chi connectivity index (χ1) is 8.08. The van der Waals surface area contributed by atoms with E-state index in [0.717, 1.165) is 23.6 Å². The number of carboxylic acids is 2. The monoisotopic (exact) mass is 234 g/mol. The second kappa shape index (κ2) is 6.48. The lowest BCUT2D eigenvalue weighted by molar-refractivity contribution is -0.137. The first-order valence-electron chi connectivity index (χ1n) is 5.29. The highest BCUT2D eigenvalue weighted by atomic mass is 16.4. The van der Waals surface area contributed by atoms with Crippen LogP contribution < -0.4 is 0 Å². The van der Waals surface area contributed by atoms with Gasteiger partial charge in [0.1, 0.15) is 0 Å². The van der Waals surface area contributed by atoms with E-state index in [1.807, 2.05) is 24.3 Å². The number of carbonyl (C=O) groups is 2. The van der Waals surface area contributed by atoms with Crippen LogP contribution in [0.2, 0.25) is 0 Å². The summed E-state index contributed by atoms with van der Waals surface area (Å²) in [5.74, 6) is -1.76. The van der Waals surface area contributed by atoms with Crippen molar-refractivity contribution < 1.29 is 19.8 Å². The van der Waals surface area contributed by atoms with Gasteiger partial charge in [0, 0.05) is 12.5 Å². The van der Waals surface area contributed by atoms with Gasteiger partial charge in [0.15, 0.2) is 0 Å². The van der Waals surface area contributed by atoms with Crippen LogP contribution in [0.4, 0.5) is 0 Å². The number of benzene rings is 1. The Hall–Kier alpha value is -2.10. The van der Waals surface area contributed by atoms with Crippen LogP contribution in [0.1, 0.15) is 24.0 Å². The molecule has 0 aliphatic rings. The van der Waals surface area contributed by atoms with Crippen molar-refractivity contribution in [2.45, 2.75) is 19.3 Å². The summed E-state index contributed by atoms with van der Waals surface area (Å²) in [6.07, 6.45) is 4.10. The zero-order valence-corrected chi connectivity index (χ0v) is 9.30. The minimum atomic E-state index is -0.976. The Morgan fingerprint density at radius 3 is 2.29 bits per heavy atom. The lowest BCUT2D eigenvalue weighted by atomic mass is 10.1. The topological polar surface area (TPSA) is 74.6 Å². The zero-order valence-electron chi connectivity index (χ0n) is 9.30. The van der Waals surface area contributed by atoms with E-state index in [1.54, 1.807) is 0 Å². The van der Waals surface area contributed by atoms with Crippen molar-refractivity contribution in [3.63, 3.8) is 0 Å². The molecule has 0 aliphatic heterocycles. The van der Waals surface area contributed by atoms with Gasteiger partial charge in [0.25, 0.3) is 0 Å². The summed E-state index contributed by atoms with van der Waals surface area (Å²) in [6, 6.07) is 7.39. The van der Waals surface area contributed by atoms with Crippen molar-refractivity contribution in [3.8, 4) is 0 Å². The van der Waals surface area contributed by atoms with Crippen molar-refractivity contribution in [2.75, 3.05) is 0 Å². The van der Waals surface area contributed by atoms with Crippen LogP contribution in [0.3, 0.4) is 0 Å². The molecule has 0 bridgehead atoms. The normalized spacial score (nSPS) is 10.6. The van der Waals surface area contributed by atoms with E-state index < -0.39 is 11.9 Å². The van der Waals surface area contributed by atoms with Crippen LogP contribution in [0.15, 0.2) is 30.3 Å². The lowest BCUT2D eigenvalue weighted by Crippen LogP contribution is -1.95. The van der Waals surface area contributed by atoms with Crippen LogP contribution in [-0.4, -0.2) is 22.2 Å². The third-order valence-corrected chi connectivity index (χ3v) is 2.25. The van der Waals surface area contributed by atoms with Crippen molar-refractivity contribution >= 4 is 18.0 Å². The van der Waals surface area contributed by atoms with E-state index in [1.165, 1.54) is 6.08 Å². The molecule has 0 fully saturated rings. The molecule has 0 amide bonds. The fourth-order valence-corrected chi connectivity index (χ4v) is 1.41. The van der Waals surface area contributed by atoms with Crippen molar-refractivity contribution in [1.29, 1.82) is 0 Å². The average Bonchev–Trinajstić information content (AvgIpc) is 2.27. The third kappa shape index (κ3) is 5.51. The Morgan fingerprint density at radius 2 is 1.76 bits per heavy atom. The summed E-state index contributed by atoms with van der Waals surface area (Å²) in [6.45, 7) is 0. The molecule has 0 saturated carbocycles. The predicted octanol–water partition coefficient (Wildman–Crippen LogP) is 2.19. The van der Waals surface area contributed by atoms with Crippen LogP contribution >= 0.6 is 0 Å². The second-order valence-electron chi connectivity index (χ2n) is 3.66. The maximum atomic E-state index is 10.3. The Morgan fingerprint density at radius 1 is 1.12 bits per heavy atom. The van der Waals surface area contributed by atoms with Gasteiger partial charge in [-0.25, -0.2) is 4.79 Å².